The second-order valence-electron chi connectivity index (χ2n) is 7.68. The topological polar surface area (TPSA) is 77.8 Å². The smallest absolute Gasteiger partial charge is 0.265 e. The molecule has 168 valence electrons. The lowest BCUT2D eigenvalue weighted by molar-refractivity contribution is -0.122. The van der Waals surface area contributed by atoms with Crippen LogP contribution in [0.5, 0.6) is 11.5 Å². The molecule has 0 spiro atoms. The largest absolute Gasteiger partial charge is 0.497 e. The first-order valence-electron chi connectivity index (χ1n) is 10.7. The molecule has 6 nitrogen and oxygen atoms in total. The van der Waals surface area contributed by atoms with Gasteiger partial charge >= 0.3 is 0 Å². The Labute approximate surface area is 191 Å². The molecule has 4 rings (SSSR count). The molecule has 0 bridgehead atoms. The van der Waals surface area contributed by atoms with E-state index in [0.29, 0.717) is 40.2 Å². The van der Waals surface area contributed by atoms with Gasteiger partial charge in [-0.3, -0.25) is 9.59 Å². The Kier molecular flexibility index (Phi) is 6.45. The molecule has 1 N–H and O–H groups in total. The minimum absolute atomic E-state index is 0.0225. The number of benzene rings is 3. The highest BCUT2D eigenvalue weighted by molar-refractivity contribution is 5.94. The molecule has 1 heterocycles. The van der Waals surface area contributed by atoms with E-state index >= 15 is 0 Å². The van der Waals surface area contributed by atoms with Crippen molar-refractivity contribution >= 4 is 22.6 Å². The maximum Gasteiger partial charge on any atom is 0.265 e. The van der Waals surface area contributed by atoms with E-state index in [1.54, 1.807) is 49.6 Å². The van der Waals surface area contributed by atoms with Crippen LogP contribution >= 0.6 is 0 Å². The number of amides is 1. The van der Waals surface area contributed by atoms with Crippen LogP contribution < -0.4 is 20.2 Å². The van der Waals surface area contributed by atoms with Gasteiger partial charge in [-0.2, -0.15) is 0 Å². The molecule has 1 amide bonds. The predicted octanol–water partition coefficient (Wildman–Crippen LogP) is 5.57. The molecule has 0 aliphatic heterocycles. The van der Waals surface area contributed by atoms with Crippen LogP contribution in [0.4, 0.5) is 5.69 Å². The van der Waals surface area contributed by atoms with Crippen molar-refractivity contribution in [2.45, 2.75) is 26.4 Å². The molecule has 4 aromatic rings. The highest BCUT2D eigenvalue weighted by atomic mass is 16.5. The lowest BCUT2D eigenvalue weighted by Gasteiger charge is -2.19. The van der Waals surface area contributed by atoms with Crippen LogP contribution in [0.25, 0.3) is 22.3 Å². The number of fused-ring (bicyclic) bond motifs is 1. The zero-order chi connectivity index (χ0) is 23.4. The number of para-hydroxylation sites is 1. The number of carbonyl (C=O) groups is 1. The lowest BCUT2D eigenvalue weighted by Crippen LogP contribution is -2.34. The maximum atomic E-state index is 13.4. The molecule has 3 aromatic carbocycles. The van der Waals surface area contributed by atoms with Crippen LogP contribution in [-0.4, -0.2) is 19.1 Å². The summed E-state index contributed by atoms with van der Waals surface area (Å²) in [6.45, 7) is 3.81. The van der Waals surface area contributed by atoms with Crippen molar-refractivity contribution < 1.29 is 18.7 Å². The lowest BCUT2D eigenvalue weighted by atomic mass is 10.1. The van der Waals surface area contributed by atoms with Crippen LogP contribution in [0.1, 0.15) is 18.9 Å². The molecule has 1 atom stereocenters. The molecule has 0 aliphatic rings. The summed E-state index contributed by atoms with van der Waals surface area (Å²) < 4.78 is 17.3. The van der Waals surface area contributed by atoms with E-state index in [2.05, 4.69) is 5.32 Å². The summed E-state index contributed by atoms with van der Waals surface area (Å²) in [6, 6.07) is 21.6. The molecular formula is C27H25NO5. The van der Waals surface area contributed by atoms with Crippen LogP contribution in [-0.2, 0) is 4.79 Å². The van der Waals surface area contributed by atoms with Gasteiger partial charge in [-0.05, 0) is 49.7 Å². The first-order chi connectivity index (χ1) is 16.0. The summed E-state index contributed by atoms with van der Waals surface area (Å²) in [6.07, 6.45) is -0.526. The van der Waals surface area contributed by atoms with Crippen LogP contribution in [0.2, 0.25) is 0 Å². The number of hydrogen-bond acceptors (Lipinski definition) is 5. The molecule has 0 radical (unpaired) electrons. The number of anilines is 1. The van der Waals surface area contributed by atoms with Gasteiger partial charge in [0.1, 0.15) is 11.3 Å². The van der Waals surface area contributed by atoms with E-state index in [1.807, 2.05) is 44.2 Å². The molecule has 1 unspecified atom stereocenters. The van der Waals surface area contributed by atoms with E-state index in [0.717, 1.165) is 5.56 Å². The number of ether oxygens (including phenoxy) is 2. The Bertz CT molecular complexity index is 1320. The van der Waals surface area contributed by atoms with Crippen LogP contribution in [0.15, 0.2) is 82.0 Å². The normalized spacial score (nSPS) is 11.7. The third-order valence-electron chi connectivity index (χ3n) is 5.35. The average Bonchev–Trinajstić information content (AvgIpc) is 2.84. The summed E-state index contributed by atoms with van der Waals surface area (Å²) in [5.74, 6) is 0.654. The molecule has 0 fully saturated rings. The number of rotatable bonds is 7. The van der Waals surface area contributed by atoms with E-state index in [4.69, 9.17) is 13.9 Å². The number of hydrogen-bond donors (Lipinski definition) is 1. The van der Waals surface area contributed by atoms with Gasteiger partial charge in [0.05, 0.1) is 12.5 Å². The number of nitrogens with one attached hydrogen (secondary N) is 1. The van der Waals surface area contributed by atoms with Crippen molar-refractivity contribution in [3.8, 4) is 22.8 Å². The SMILES string of the molecule is CCC(Oc1c(-c2ccc(C)cc2)oc2ccccc2c1=O)C(=O)Nc1ccc(OC)cc1. The summed E-state index contributed by atoms with van der Waals surface area (Å²) in [7, 11) is 1.58. The Morgan fingerprint density at radius 3 is 2.36 bits per heavy atom. The standard InChI is InChI=1S/C27H25NO5/c1-4-22(27(30)28-19-13-15-20(31-3)16-14-19)32-26-24(29)21-7-5-6-8-23(21)33-25(26)18-11-9-17(2)10-12-18/h5-16,22H,4H2,1-3H3,(H,28,30). The molecule has 6 heteroatoms. The molecule has 0 aliphatic carbocycles. The second-order valence-corrected chi connectivity index (χ2v) is 7.68. The van der Waals surface area contributed by atoms with Gasteiger partial charge in [0.25, 0.3) is 5.91 Å². The van der Waals surface area contributed by atoms with Crippen molar-refractivity contribution in [1.82, 2.24) is 0 Å². The Hall–Kier alpha value is -4.06. The van der Waals surface area contributed by atoms with Crippen LogP contribution in [0, 0.1) is 6.92 Å². The van der Waals surface area contributed by atoms with Gasteiger partial charge in [0.2, 0.25) is 11.2 Å². The van der Waals surface area contributed by atoms with E-state index in [9.17, 15) is 9.59 Å². The molecule has 1 aromatic heterocycles. The highest BCUT2D eigenvalue weighted by Crippen LogP contribution is 2.32. The van der Waals surface area contributed by atoms with Gasteiger partial charge in [-0.15, -0.1) is 0 Å². The first kappa shape index (κ1) is 22.1. The van der Waals surface area contributed by atoms with Gasteiger partial charge < -0.3 is 19.2 Å². The summed E-state index contributed by atoms with van der Waals surface area (Å²) >= 11 is 0. The fraction of sp³-hybridized carbons (Fsp3) is 0.185. The monoisotopic (exact) mass is 443 g/mol. The number of aryl methyl sites for hydroxylation is 1. The van der Waals surface area contributed by atoms with Crippen molar-refractivity contribution in [2.75, 3.05) is 12.4 Å². The first-order valence-corrected chi connectivity index (χ1v) is 10.7. The Morgan fingerprint density at radius 2 is 1.70 bits per heavy atom. The van der Waals surface area contributed by atoms with Gasteiger partial charge in [-0.1, -0.05) is 48.9 Å². The minimum atomic E-state index is -0.889. The quantitative estimate of drug-likeness (QED) is 0.404. The minimum Gasteiger partial charge on any atom is -0.497 e. The van der Waals surface area contributed by atoms with E-state index in [-0.39, 0.29) is 17.1 Å². The predicted molar refractivity (Wildman–Crippen MR) is 129 cm³/mol. The van der Waals surface area contributed by atoms with Crippen molar-refractivity contribution in [3.05, 3.63) is 88.6 Å². The molecular weight excluding hydrogens is 418 g/mol. The number of methoxy groups -OCH3 is 1. The van der Waals surface area contributed by atoms with Gasteiger partial charge in [0.15, 0.2) is 11.9 Å². The van der Waals surface area contributed by atoms with E-state index in [1.165, 1.54) is 0 Å². The van der Waals surface area contributed by atoms with Gasteiger partial charge in [0, 0.05) is 11.3 Å². The second kappa shape index (κ2) is 9.61. The Morgan fingerprint density at radius 1 is 1.00 bits per heavy atom. The zero-order valence-corrected chi connectivity index (χ0v) is 18.8. The summed E-state index contributed by atoms with van der Waals surface area (Å²) in [5, 5.41) is 3.23. The number of carbonyl (C=O) groups excluding carboxylic acids is 1. The molecule has 33 heavy (non-hydrogen) atoms. The maximum absolute atomic E-state index is 13.4. The third kappa shape index (κ3) is 4.75. The average molecular weight is 443 g/mol. The molecule has 0 saturated heterocycles. The summed E-state index contributed by atoms with van der Waals surface area (Å²) in [5.41, 5.74) is 2.52. The zero-order valence-electron chi connectivity index (χ0n) is 18.8. The van der Waals surface area contributed by atoms with Crippen molar-refractivity contribution in [2.24, 2.45) is 0 Å². The van der Waals surface area contributed by atoms with Gasteiger partial charge in [-0.25, -0.2) is 0 Å². The third-order valence-corrected chi connectivity index (χ3v) is 5.35. The Balaban J connectivity index is 1.71. The fourth-order valence-corrected chi connectivity index (χ4v) is 3.49. The van der Waals surface area contributed by atoms with Crippen LogP contribution in [0.3, 0.4) is 0 Å². The fourth-order valence-electron chi connectivity index (χ4n) is 3.49. The highest BCUT2D eigenvalue weighted by Gasteiger charge is 2.25. The van der Waals surface area contributed by atoms with Crippen molar-refractivity contribution in [1.29, 1.82) is 0 Å². The summed E-state index contributed by atoms with van der Waals surface area (Å²) in [4.78, 5) is 26.3. The van der Waals surface area contributed by atoms with E-state index < -0.39 is 6.10 Å². The molecule has 0 saturated carbocycles. The van der Waals surface area contributed by atoms with Crippen molar-refractivity contribution in [3.63, 3.8) is 0 Å².